The van der Waals surface area contributed by atoms with Crippen molar-refractivity contribution in [3.05, 3.63) is 29.8 Å². The lowest BCUT2D eigenvalue weighted by atomic mass is 10.2. The van der Waals surface area contributed by atoms with Gasteiger partial charge < -0.3 is 10.1 Å². The fraction of sp³-hybridized carbons (Fsp3) is 0.308. The largest absolute Gasteiger partial charge is 0.449 e. The van der Waals surface area contributed by atoms with Gasteiger partial charge in [0.15, 0.2) is 6.61 Å². The summed E-state index contributed by atoms with van der Waals surface area (Å²) in [4.78, 5) is 11.4. The summed E-state index contributed by atoms with van der Waals surface area (Å²) < 4.78 is 4.80. The highest BCUT2D eigenvalue weighted by Gasteiger charge is 2.05. The molecule has 16 heavy (non-hydrogen) atoms. The average Bonchev–Trinajstić information content (AvgIpc) is 2.26. The number of hydrogen-bond donors (Lipinski definition) is 1. The maximum atomic E-state index is 11.4. The average molecular weight is 217 g/mol. The Hall–Kier alpha value is -1.95. The molecule has 0 spiro atoms. The van der Waals surface area contributed by atoms with Gasteiger partial charge >= 0.3 is 5.97 Å². The van der Waals surface area contributed by atoms with E-state index >= 15 is 0 Å². The molecule has 0 unspecified atom stereocenters. The Balaban J connectivity index is 2.64. The van der Waals surface area contributed by atoms with Crippen LogP contribution in [-0.4, -0.2) is 18.6 Å². The molecule has 1 N–H and O–H groups in total. The molecule has 0 aliphatic heterocycles. The van der Waals surface area contributed by atoms with Crippen molar-refractivity contribution in [2.24, 2.45) is 0 Å². The predicted molar refractivity (Wildman–Crippen MR) is 64.3 cm³/mol. The second kappa shape index (κ2) is 5.82. The maximum absolute atomic E-state index is 11.4. The Morgan fingerprint density at radius 3 is 2.56 bits per heavy atom. The predicted octanol–water partition coefficient (Wildman–Crippen LogP) is 2.30. The summed E-state index contributed by atoms with van der Waals surface area (Å²) in [5, 5.41) is 3.23. The first-order valence-electron chi connectivity index (χ1n) is 5.10. The summed E-state index contributed by atoms with van der Waals surface area (Å²) in [6.07, 6.45) is 5.00. The summed E-state index contributed by atoms with van der Waals surface area (Å²) in [7, 11) is 0. The number of carbonyl (C=O) groups is 1. The molecule has 1 aromatic rings. The zero-order valence-corrected chi connectivity index (χ0v) is 9.49. The number of nitrogens with one attached hydrogen (secondary N) is 1. The monoisotopic (exact) mass is 217 g/mol. The van der Waals surface area contributed by atoms with Gasteiger partial charge in [0.1, 0.15) is 0 Å². The third-order valence-corrected chi connectivity index (χ3v) is 1.86. The fourth-order valence-corrected chi connectivity index (χ4v) is 1.23. The molecule has 0 aliphatic carbocycles. The summed E-state index contributed by atoms with van der Waals surface area (Å²) in [6, 6.07) is 7.46. The molecule has 0 heterocycles. The lowest BCUT2D eigenvalue weighted by Crippen LogP contribution is -2.10. The summed E-state index contributed by atoms with van der Waals surface area (Å²) in [5.74, 6) is 1.86. The van der Waals surface area contributed by atoms with Crippen LogP contribution in [-0.2, 0) is 4.74 Å². The van der Waals surface area contributed by atoms with Gasteiger partial charge in [-0.3, -0.25) is 0 Å². The lowest BCUT2D eigenvalue weighted by molar-refractivity contribution is 0.0557. The van der Waals surface area contributed by atoms with Crippen molar-refractivity contribution in [1.29, 1.82) is 0 Å². The molecule has 84 valence electrons. The molecular formula is C13H15NO2. The van der Waals surface area contributed by atoms with Crippen LogP contribution in [0.1, 0.15) is 24.2 Å². The number of carbonyl (C=O) groups excluding carboxylic acids is 1. The van der Waals surface area contributed by atoms with Crippen molar-refractivity contribution in [1.82, 2.24) is 0 Å². The van der Waals surface area contributed by atoms with Crippen molar-refractivity contribution in [2.75, 3.05) is 11.9 Å². The zero-order chi connectivity index (χ0) is 12.0. The van der Waals surface area contributed by atoms with Crippen LogP contribution < -0.4 is 5.32 Å². The van der Waals surface area contributed by atoms with Gasteiger partial charge in [-0.05, 0) is 38.1 Å². The summed E-state index contributed by atoms with van der Waals surface area (Å²) in [5.41, 5.74) is 1.48. The van der Waals surface area contributed by atoms with Crippen molar-refractivity contribution >= 4 is 11.7 Å². The smallest absolute Gasteiger partial charge is 0.339 e. The van der Waals surface area contributed by atoms with E-state index in [2.05, 4.69) is 25.1 Å². The van der Waals surface area contributed by atoms with Gasteiger partial charge in [0, 0.05) is 11.7 Å². The van der Waals surface area contributed by atoms with E-state index < -0.39 is 5.97 Å². The van der Waals surface area contributed by atoms with E-state index in [9.17, 15) is 4.79 Å². The molecule has 0 aliphatic rings. The van der Waals surface area contributed by atoms with Crippen molar-refractivity contribution in [2.45, 2.75) is 19.9 Å². The minimum atomic E-state index is -0.394. The van der Waals surface area contributed by atoms with Crippen LogP contribution in [0.15, 0.2) is 24.3 Å². The molecule has 0 saturated carbocycles. The standard InChI is InChI=1S/C13H15NO2/c1-4-9-16-13(15)11-5-7-12(8-6-11)14-10(2)3/h1,5-8,10,14H,9H2,2-3H3. The molecule has 0 radical (unpaired) electrons. The fourth-order valence-electron chi connectivity index (χ4n) is 1.23. The second-order valence-corrected chi connectivity index (χ2v) is 3.66. The van der Waals surface area contributed by atoms with Gasteiger partial charge in [-0.15, -0.1) is 6.42 Å². The van der Waals surface area contributed by atoms with E-state index in [0.717, 1.165) is 5.69 Å². The van der Waals surface area contributed by atoms with E-state index in [4.69, 9.17) is 11.2 Å². The molecule has 0 bridgehead atoms. The van der Waals surface area contributed by atoms with E-state index in [1.165, 1.54) is 0 Å². The Morgan fingerprint density at radius 1 is 1.44 bits per heavy atom. The van der Waals surface area contributed by atoms with E-state index in [-0.39, 0.29) is 6.61 Å². The molecule has 1 aromatic carbocycles. The first-order valence-corrected chi connectivity index (χ1v) is 5.10. The van der Waals surface area contributed by atoms with Crippen LogP contribution in [0.4, 0.5) is 5.69 Å². The van der Waals surface area contributed by atoms with Gasteiger partial charge in [0.2, 0.25) is 0 Å². The summed E-state index contributed by atoms with van der Waals surface area (Å²) >= 11 is 0. The maximum Gasteiger partial charge on any atom is 0.339 e. The first kappa shape index (κ1) is 12.1. The van der Waals surface area contributed by atoms with Crippen LogP contribution in [0.25, 0.3) is 0 Å². The van der Waals surface area contributed by atoms with E-state index in [1.807, 2.05) is 12.1 Å². The molecule has 0 fully saturated rings. The number of terminal acetylenes is 1. The van der Waals surface area contributed by atoms with Crippen LogP contribution in [0.5, 0.6) is 0 Å². The van der Waals surface area contributed by atoms with Gasteiger partial charge in [-0.25, -0.2) is 4.79 Å². The molecule has 0 amide bonds. The molecule has 3 nitrogen and oxygen atoms in total. The van der Waals surface area contributed by atoms with Crippen molar-refractivity contribution in [3.8, 4) is 12.3 Å². The summed E-state index contributed by atoms with van der Waals surface area (Å²) in [6.45, 7) is 4.11. The van der Waals surface area contributed by atoms with Crippen LogP contribution in [0, 0.1) is 12.3 Å². The normalized spacial score (nSPS) is 9.62. The topological polar surface area (TPSA) is 38.3 Å². The van der Waals surface area contributed by atoms with Crippen LogP contribution >= 0.6 is 0 Å². The zero-order valence-electron chi connectivity index (χ0n) is 9.49. The van der Waals surface area contributed by atoms with Gasteiger partial charge in [-0.1, -0.05) is 5.92 Å². The van der Waals surface area contributed by atoms with Crippen LogP contribution in [0.2, 0.25) is 0 Å². The third kappa shape index (κ3) is 3.66. The lowest BCUT2D eigenvalue weighted by Gasteiger charge is -2.09. The van der Waals surface area contributed by atoms with Gasteiger partial charge in [-0.2, -0.15) is 0 Å². The minimum absolute atomic E-state index is 0.00479. The van der Waals surface area contributed by atoms with E-state index in [1.54, 1.807) is 12.1 Å². The SMILES string of the molecule is C#CCOC(=O)c1ccc(NC(C)C)cc1. The molecule has 0 saturated heterocycles. The highest BCUT2D eigenvalue weighted by Crippen LogP contribution is 2.11. The minimum Gasteiger partial charge on any atom is -0.449 e. The Labute approximate surface area is 95.8 Å². The number of benzene rings is 1. The second-order valence-electron chi connectivity index (χ2n) is 3.66. The highest BCUT2D eigenvalue weighted by molar-refractivity contribution is 5.89. The molecule has 0 aromatic heterocycles. The Kier molecular flexibility index (Phi) is 4.41. The molecule has 0 atom stereocenters. The molecule has 1 rings (SSSR count). The molecular weight excluding hydrogens is 202 g/mol. The van der Waals surface area contributed by atoms with Crippen molar-refractivity contribution in [3.63, 3.8) is 0 Å². The molecule has 3 heteroatoms. The number of hydrogen-bond acceptors (Lipinski definition) is 3. The first-order chi connectivity index (χ1) is 7.63. The Bertz CT molecular complexity index is 387. The van der Waals surface area contributed by atoms with Gasteiger partial charge in [0.05, 0.1) is 5.56 Å². The highest BCUT2D eigenvalue weighted by atomic mass is 16.5. The van der Waals surface area contributed by atoms with Crippen LogP contribution in [0.3, 0.4) is 0 Å². The third-order valence-electron chi connectivity index (χ3n) is 1.86. The number of esters is 1. The van der Waals surface area contributed by atoms with Gasteiger partial charge in [0.25, 0.3) is 0 Å². The number of anilines is 1. The van der Waals surface area contributed by atoms with Crippen molar-refractivity contribution < 1.29 is 9.53 Å². The van der Waals surface area contributed by atoms with E-state index in [0.29, 0.717) is 11.6 Å². The number of ether oxygens (including phenoxy) is 1. The quantitative estimate of drug-likeness (QED) is 0.621. The number of rotatable bonds is 4. The Morgan fingerprint density at radius 2 is 2.06 bits per heavy atom.